The molecule has 1 atom stereocenters. The van der Waals surface area contributed by atoms with Crippen LogP contribution in [0.3, 0.4) is 0 Å². The van der Waals surface area contributed by atoms with E-state index in [1.807, 2.05) is 17.0 Å². The Hall–Kier alpha value is -1.40. The van der Waals surface area contributed by atoms with Crippen molar-refractivity contribution in [3.8, 4) is 0 Å². The largest absolute Gasteiger partial charge is 0.310 e. The first-order valence-electron chi connectivity index (χ1n) is 9.22. The van der Waals surface area contributed by atoms with E-state index in [9.17, 15) is 4.79 Å². The predicted molar refractivity (Wildman–Crippen MR) is 108 cm³/mol. The summed E-state index contributed by atoms with van der Waals surface area (Å²) in [5.41, 5.74) is 2.38. The van der Waals surface area contributed by atoms with Crippen molar-refractivity contribution in [3.63, 3.8) is 0 Å². The number of halogens is 1. The minimum absolute atomic E-state index is 0.0699. The first-order chi connectivity index (χ1) is 12.6. The molecule has 0 spiro atoms. The van der Waals surface area contributed by atoms with Crippen LogP contribution in [0, 0.1) is 0 Å². The number of hydrogen-bond donors (Lipinski definition) is 0. The maximum atomic E-state index is 13.0. The van der Waals surface area contributed by atoms with Gasteiger partial charge in [0.05, 0.1) is 10.4 Å². The quantitative estimate of drug-likeness (QED) is 0.800. The van der Waals surface area contributed by atoms with Crippen LogP contribution < -0.4 is 4.90 Å². The van der Waals surface area contributed by atoms with Crippen molar-refractivity contribution in [1.82, 2.24) is 9.80 Å². The van der Waals surface area contributed by atoms with E-state index in [0.29, 0.717) is 0 Å². The lowest BCUT2D eigenvalue weighted by atomic mass is 10.1. The van der Waals surface area contributed by atoms with Crippen LogP contribution in [0.25, 0.3) is 0 Å². The monoisotopic (exact) mass is 389 g/mol. The lowest BCUT2D eigenvalue weighted by molar-refractivity contribution is -0.123. The number of fused-ring (bicyclic) bond motifs is 1. The number of anilines is 1. The maximum absolute atomic E-state index is 13.0. The number of carbonyl (C=O) groups excluding carboxylic acids is 1. The summed E-state index contributed by atoms with van der Waals surface area (Å²) < 4.78 is 0.851. The molecule has 2 aliphatic heterocycles. The molecule has 1 unspecified atom stereocenters. The number of hydrogen-bond acceptors (Lipinski definition) is 4. The van der Waals surface area contributed by atoms with Crippen LogP contribution >= 0.6 is 22.9 Å². The van der Waals surface area contributed by atoms with Gasteiger partial charge in [-0.05, 0) is 37.1 Å². The van der Waals surface area contributed by atoms with E-state index in [-0.39, 0.29) is 11.9 Å². The van der Waals surface area contributed by atoms with E-state index < -0.39 is 0 Å². The summed E-state index contributed by atoms with van der Waals surface area (Å²) in [7, 11) is 0. The Labute approximate surface area is 164 Å². The van der Waals surface area contributed by atoms with Crippen molar-refractivity contribution in [2.45, 2.75) is 25.9 Å². The van der Waals surface area contributed by atoms with Crippen LogP contribution in [0.1, 0.15) is 17.4 Å². The summed E-state index contributed by atoms with van der Waals surface area (Å²) >= 11 is 7.68. The zero-order valence-corrected chi connectivity index (χ0v) is 16.6. The fraction of sp³-hybridized carbons (Fsp3) is 0.450. The summed E-state index contributed by atoms with van der Waals surface area (Å²) in [5.74, 6) is 0.230. The van der Waals surface area contributed by atoms with Gasteiger partial charge in [0.2, 0.25) is 5.91 Å². The van der Waals surface area contributed by atoms with Crippen molar-refractivity contribution < 1.29 is 4.79 Å². The standard InChI is InChI=1S/C20H24ClN3OS/c1-15(20(25)24-9-8-16-4-2-3-5-18(16)24)23-12-10-22(11-13-23)14-17-6-7-19(21)26-17/h2-7,15H,8-14H2,1H3. The summed E-state index contributed by atoms with van der Waals surface area (Å²) in [5, 5.41) is 0. The summed E-state index contributed by atoms with van der Waals surface area (Å²) in [6.45, 7) is 7.66. The number of para-hydroxylation sites is 1. The Balaban J connectivity index is 1.33. The molecule has 2 aliphatic rings. The molecule has 0 saturated carbocycles. The highest BCUT2D eigenvalue weighted by molar-refractivity contribution is 7.16. The third-order valence-electron chi connectivity index (χ3n) is 5.47. The molecule has 0 bridgehead atoms. The van der Waals surface area contributed by atoms with Gasteiger partial charge in [0, 0.05) is 49.8 Å². The van der Waals surface area contributed by atoms with Gasteiger partial charge < -0.3 is 4.90 Å². The second-order valence-corrected chi connectivity index (χ2v) is 8.86. The molecule has 6 heteroatoms. The molecule has 4 nitrogen and oxygen atoms in total. The third-order valence-corrected chi connectivity index (χ3v) is 6.69. The Bertz CT molecular complexity index is 785. The predicted octanol–water partition coefficient (Wildman–Crippen LogP) is 3.50. The first-order valence-corrected chi connectivity index (χ1v) is 10.4. The molecule has 0 aliphatic carbocycles. The molecule has 1 aromatic heterocycles. The molecular formula is C20H24ClN3OS. The van der Waals surface area contributed by atoms with Crippen LogP contribution in [-0.4, -0.2) is 54.5 Å². The third kappa shape index (κ3) is 3.67. The van der Waals surface area contributed by atoms with Gasteiger partial charge >= 0.3 is 0 Å². The lowest BCUT2D eigenvalue weighted by Gasteiger charge is -2.38. The SMILES string of the molecule is CC(C(=O)N1CCc2ccccc21)N1CCN(Cc2ccc(Cl)s2)CC1. The van der Waals surface area contributed by atoms with Gasteiger partial charge in [-0.2, -0.15) is 0 Å². The number of piperazine rings is 1. The van der Waals surface area contributed by atoms with Gasteiger partial charge in [-0.1, -0.05) is 29.8 Å². The van der Waals surface area contributed by atoms with Crippen LogP contribution in [0.2, 0.25) is 4.34 Å². The molecule has 4 rings (SSSR count). The lowest BCUT2D eigenvalue weighted by Crippen LogP contribution is -2.54. The Morgan fingerprint density at radius 2 is 1.88 bits per heavy atom. The van der Waals surface area contributed by atoms with E-state index in [0.717, 1.165) is 55.7 Å². The number of rotatable bonds is 4. The Morgan fingerprint density at radius 1 is 1.12 bits per heavy atom. The molecule has 26 heavy (non-hydrogen) atoms. The second-order valence-electron chi connectivity index (χ2n) is 7.06. The van der Waals surface area contributed by atoms with E-state index >= 15 is 0 Å². The van der Waals surface area contributed by atoms with Gasteiger partial charge in [-0.15, -0.1) is 11.3 Å². The molecule has 2 aromatic rings. The minimum Gasteiger partial charge on any atom is -0.310 e. The summed E-state index contributed by atoms with van der Waals surface area (Å²) in [4.78, 5) is 21.1. The molecule has 138 valence electrons. The molecular weight excluding hydrogens is 366 g/mol. The molecule has 0 radical (unpaired) electrons. The topological polar surface area (TPSA) is 26.8 Å². The second kappa shape index (κ2) is 7.69. The first kappa shape index (κ1) is 18.0. The van der Waals surface area contributed by atoms with Crippen LogP contribution in [-0.2, 0) is 17.8 Å². The highest BCUT2D eigenvalue weighted by atomic mass is 35.5. The number of nitrogens with zero attached hydrogens (tertiary/aromatic N) is 3. The minimum atomic E-state index is -0.0699. The van der Waals surface area contributed by atoms with Crippen LogP contribution in [0.5, 0.6) is 0 Å². The fourth-order valence-electron chi connectivity index (χ4n) is 3.91. The molecule has 3 heterocycles. The van der Waals surface area contributed by atoms with Crippen LogP contribution in [0.4, 0.5) is 5.69 Å². The van der Waals surface area contributed by atoms with Crippen molar-refractivity contribution in [2.75, 3.05) is 37.6 Å². The van der Waals surface area contributed by atoms with Gasteiger partial charge in [-0.25, -0.2) is 0 Å². The van der Waals surface area contributed by atoms with E-state index in [2.05, 4.69) is 41.0 Å². The van der Waals surface area contributed by atoms with Gasteiger partial charge in [0.15, 0.2) is 0 Å². The average Bonchev–Trinajstić information content (AvgIpc) is 3.27. The zero-order chi connectivity index (χ0) is 18.1. The van der Waals surface area contributed by atoms with E-state index in [4.69, 9.17) is 11.6 Å². The molecule has 1 aromatic carbocycles. The number of benzene rings is 1. The van der Waals surface area contributed by atoms with E-state index in [1.165, 1.54) is 10.4 Å². The van der Waals surface area contributed by atoms with Crippen molar-refractivity contribution in [3.05, 3.63) is 51.2 Å². The fourth-order valence-corrected chi connectivity index (χ4v) is 5.04. The van der Waals surface area contributed by atoms with Crippen molar-refractivity contribution >= 4 is 34.5 Å². The Morgan fingerprint density at radius 3 is 2.62 bits per heavy atom. The number of amides is 1. The number of thiophene rings is 1. The molecule has 1 saturated heterocycles. The molecule has 0 N–H and O–H groups in total. The van der Waals surface area contributed by atoms with E-state index in [1.54, 1.807) is 11.3 Å². The average molecular weight is 390 g/mol. The van der Waals surface area contributed by atoms with Crippen molar-refractivity contribution in [1.29, 1.82) is 0 Å². The normalized spacial score (nSPS) is 19.5. The maximum Gasteiger partial charge on any atom is 0.244 e. The smallest absolute Gasteiger partial charge is 0.244 e. The highest BCUT2D eigenvalue weighted by Gasteiger charge is 2.32. The molecule has 1 fully saturated rings. The molecule has 1 amide bonds. The Kier molecular flexibility index (Phi) is 5.32. The van der Waals surface area contributed by atoms with Crippen molar-refractivity contribution in [2.24, 2.45) is 0 Å². The van der Waals surface area contributed by atoms with Gasteiger partial charge in [0.25, 0.3) is 0 Å². The number of carbonyl (C=O) groups is 1. The highest BCUT2D eigenvalue weighted by Crippen LogP contribution is 2.29. The van der Waals surface area contributed by atoms with Gasteiger partial charge in [0.1, 0.15) is 0 Å². The zero-order valence-electron chi connectivity index (χ0n) is 15.0. The summed E-state index contributed by atoms with van der Waals surface area (Å²) in [6, 6.07) is 12.3. The van der Waals surface area contributed by atoms with Gasteiger partial charge in [-0.3, -0.25) is 14.6 Å². The summed E-state index contributed by atoms with van der Waals surface area (Å²) in [6.07, 6.45) is 0.964. The van der Waals surface area contributed by atoms with Crippen LogP contribution in [0.15, 0.2) is 36.4 Å².